The van der Waals surface area contributed by atoms with Crippen molar-refractivity contribution in [1.29, 1.82) is 0 Å². The van der Waals surface area contributed by atoms with Crippen molar-refractivity contribution < 1.29 is 13.5 Å². The maximum atomic E-state index is 14.3. The standard InChI is InChI=1S/C22H36F2N4O/c1-20(2)14-21(29-15-20)6-4-16(5-7-21)19-17(13-27(3)11-9-25)26-28-10-8-22(23,24)12-18(19)28/h16H,4-15,25H2,1-3H3/t16-,21+. The lowest BCUT2D eigenvalue weighted by molar-refractivity contribution is -0.0313. The molecule has 7 heteroatoms. The Morgan fingerprint density at radius 1 is 1.24 bits per heavy atom. The number of aromatic nitrogens is 2. The first-order chi connectivity index (χ1) is 13.6. The number of likely N-dealkylation sites (N-methyl/N-ethyl adjacent to an activating group) is 1. The first-order valence-electron chi connectivity index (χ1n) is 11.1. The normalized spacial score (nSPS) is 30.8. The van der Waals surface area contributed by atoms with Crippen LogP contribution >= 0.6 is 0 Å². The molecular weight excluding hydrogens is 374 g/mol. The first kappa shape index (κ1) is 21.2. The molecule has 0 atom stereocenters. The third-order valence-electron chi connectivity index (χ3n) is 7.10. The Hall–Kier alpha value is -1.05. The second kappa shape index (κ2) is 7.57. The van der Waals surface area contributed by atoms with E-state index in [-0.39, 0.29) is 23.9 Å². The van der Waals surface area contributed by atoms with E-state index in [1.54, 1.807) is 0 Å². The molecule has 0 radical (unpaired) electrons. The van der Waals surface area contributed by atoms with Crippen LogP contribution in [0.2, 0.25) is 0 Å². The van der Waals surface area contributed by atoms with Crippen LogP contribution in [0.25, 0.3) is 0 Å². The summed E-state index contributed by atoms with van der Waals surface area (Å²) in [6, 6.07) is 0. The minimum Gasteiger partial charge on any atom is -0.374 e. The molecule has 2 fully saturated rings. The van der Waals surface area contributed by atoms with E-state index in [4.69, 9.17) is 15.6 Å². The average molecular weight is 411 g/mol. The van der Waals surface area contributed by atoms with Gasteiger partial charge in [0.2, 0.25) is 0 Å². The van der Waals surface area contributed by atoms with Gasteiger partial charge in [-0.1, -0.05) is 13.8 Å². The Labute approximate surface area is 172 Å². The van der Waals surface area contributed by atoms with Gasteiger partial charge in [-0.05, 0) is 50.5 Å². The minimum absolute atomic E-state index is 0.00628. The number of alkyl halides is 2. The Bertz CT molecular complexity index is 737. The summed E-state index contributed by atoms with van der Waals surface area (Å²) < 4.78 is 36.7. The highest BCUT2D eigenvalue weighted by Gasteiger charge is 2.47. The van der Waals surface area contributed by atoms with E-state index in [9.17, 15) is 8.78 Å². The van der Waals surface area contributed by atoms with E-state index < -0.39 is 5.92 Å². The van der Waals surface area contributed by atoms with Crippen molar-refractivity contribution in [3.05, 3.63) is 17.0 Å². The topological polar surface area (TPSA) is 56.3 Å². The van der Waals surface area contributed by atoms with Crippen LogP contribution in [0.3, 0.4) is 0 Å². The lowest BCUT2D eigenvalue weighted by Crippen LogP contribution is -2.34. The Balaban J connectivity index is 1.58. The second-order valence-electron chi connectivity index (χ2n) is 10.4. The van der Waals surface area contributed by atoms with E-state index in [2.05, 4.69) is 18.7 Å². The molecule has 0 unspecified atom stereocenters. The summed E-state index contributed by atoms with van der Waals surface area (Å²) in [4.78, 5) is 2.14. The van der Waals surface area contributed by atoms with Gasteiger partial charge in [0, 0.05) is 43.9 Å². The number of ether oxygens (including phenoxy) is 1. The van der Waals surface area contributed by atoms with Crippen molar-refractivity contribution in [2.75, 3.05) is 26.7 Å². The molecule has 1 spiro atoms. The van der Waals surface area contributed by atoms with Gasteiger partial charge in [-0.15, -0.1) is 0 Å². The number of fused-ring (bicyclic) bond motifs is 1. The van der Waals surface area contributed by atoms with Crippen LogP contribution in [0.5, 0.6) is 0 Å². The minimum atomic E-state index is -2.63. The third-order valence-corrected chi connectivity index (χ3v) is 7.10. The van der Waals surface area contributed by atoms with Crippen LogP contribution in [0.15, 0.2) is 0 Å². The quantitative estimate of drug-likeness (QED) is 0.804. The number of nitrogens with zero attached hydrogens (tertiary/aromatic N) is 3. The second-order valence-corrected chi connectivity index (χ2v) is 10.4. The largest absolute Gasteiger partial charge is 0.374 e. The third kappa shape index (κ3) is 4.37. The number of nitrogens with two attached hydrogens (primary N) is 1. The predicted molar refractivity (Wildman–Crippen MR) is 109 cm³/mol. The molecule has 1 aliphatic carbocycles. The van der Waals surface area contributed by atoms with Crippen molar-refractivity contribution >= 4 is 0 Å². The van der Waals surface area contributed by atoms with Gasteiger partial charge >= 0.3 is 0 Å². The monoisotopic (exact) mass is 410 g/mol. The van der Waals surface area contributed by atoms with Crippen molar-refractivity contribution in [3.8, 4) is 0 Å². The molecule has 1 saturated heterocycles. The maximum Gasteiger partial charge on any atom is 0.255 e. The van der Waals surface area contributed by atoms with Gasteiger partial charge in [-0.2, -0.15) is 5.10 Å². The molecule has 0 bridgehead atoms. The van der Waals surface area contributed by atoms with Crippen molar-refractivity contribution in [2.24, 2.45) is 11.1 Å². The van der Waals surface area contributed by atoms with Crippen LogP contribution < -0.4 is 5.73 Å². The first-order valence-corrected chi connectivity index (χ1v) is 11.1. The average Bonchev–Trinajstić information content (AvgIpc) is 3.12. The van der Waals surface area contributed by atoms with Crippen LogP contribution in [0.1, 0.15) is 75.2 Å². The van der Waals surface area contributed by atoms with Crippen molar-refractivity contribution in [3.63, 3.8) is 0 Å². The summed E-state index contributed by atoms with van der Waals surface area (Å²) in [6.45, 7) is 7.70. The molecule has 4 rings (SSSR count). The molecular formula is C22H36F2N4O. The van der Waals surface area contributed by atoms with Crippen molar-refractivity contribution in [1.82, 2.24) is 14.7 Å². The molecule has 5 nitrogen and oxygen atoms in total. The number of rotatable bonds is 5. The molecule has 0 aromatic carbocycles. The number of hydrogen-bond donors (Lipinski definition) is 1. The molecule has 3 heterocycles. The maximum absolute atomic E-state index is 14.3. The summed E-state index contributed by atoms with van der Waals surface area (Å²) >= 11 is 0. The zero-order valence-electron chi connectivity index (χ0n) is 18.1. The zero-order chi connectivity index (χ0) is 20.9. The summed E-state index contributed by atoms with van der Waals surface area (Å²) in [5, 5.41) is 4.80. The smallest absolute Gasteiger partial charge is 0.255 e. The summed E-state index contributed by atoms with van der Waals surface area (Å²) in [6.07, 6.45) is 4.82. The van der Waals surface area contributed by atoms with E-state index in [0.717, 1.165) is 62.2 Å². The molecule has 2 aliphatic heterocycles. The van der Waals surface area contributed by atoms with Gasteiger partial charge in [0.1, 0.15) is 0 Å². The van der Waals surface area contributed by atoms with Crippen LogP contribution in [0.4, 0.5) is 8.78 Å². The fraction of sp³-hybridized carbons (Fsp3) is 0.864. The number of hydrogen-bond acceptors (Lipinski definition) is 4. The van der Waals surface area contributed by atoms with Crippen molar-refractivity contribution in [2.45, 2.75) is 89.3 Å². The highest BCUT2D eigenvalue weighted by atomic mass is 19.3. The summed E-state index contributed by atoms with van der Waals surface area (Å²) in [5.74, 6) is -2.33. The SMILES string of the molecule is CN(CCN)Cc1nn2c(c1[C@H]1CC[C@@]3(CC1)CC(C)(C)CO3)CC(F)(F)CC2. The molecule has 0 amide bonds. The summed E-state index contributed by atoms with van der Waals surface area (Å²) in [5.41, 5.74) is 8.78. The van der Waals surface area contributed by atoms with E-state index in [0.29, 0.717) is 25.6 Å². The van der Waals surface area contributed by atoms with E-state index in [1.807, 2.05) is 11.7 Å². The Morgan fingerprint density at radius 3 is 2.59 bits per heavy atom. The van der Waals surface area contributed by atoms with Gasteiger partial charge in [-0.25, -0.2) is 8.78 Å². The predicted octanol–water partition coefficient (Wildman–Crippen LogP) is 3.70. The van der Waals surface area contributed by atoms with Gasteiger partial charge in [0.25, 0.3) is 5.92 Å². The zero-order valence-corrected chi connectivity index (χ0v) is 18.1. The molecule has 1 saturated carbocycles. The van der Waals surface area contributed by atoms with Gasteiger partial charge in [0.15, 0.2) is 0 Å². The van der Waals surface area contributed by atoms with Crippen LogP contribution in [-0.2, 0) is 24.2 Å². The Kier molecular flexibility index (Phi) is 5.53. The highest BCUT2D eigenvalue weighted by Crippen LogP contribution is 2.51. The molecule has 3 aliphatic rings. The van der Waals surface area contributed by atoms with E-state index >= 15 is 0 Å². The number of halogens is 2. The fourth-order valence-electron chi connectivity index (χ4n) is 5.76. The summed E-state index contributed by atoms with van der Waals surface area (Å²) in [7, 11) is 2.02. The lowest BCUT2D eigenvalue weighted by atomic mass is 9.71. The fourth-order valence-corrected chi connectivity index (χ4v) is 5.76. The molecule has 164 valence electrons. The van der Waals surface area contributed by atoms with Gasteiger partial charge in [-0.3, -0.25) is 9.58 Å². The lowest BCUT2D eigenvalue weighted by Gasteiger charge is -2.38. The number of aryl methyl sites for hydroxylation is 1. The molecule has 1 aromatic heterocycles. The van der Waals surface area contributed by atoms with Gasteiger partial charge < -0.3 is 10.5 Å². The van der Waals surface area contributed by atoms with E-state index in [1.165, 1.54) is 0 Å². The van der Waals surface area contributed by atoms with Crippen LogP contribution in [-0.4, -0.2) is 52.9 Å². The molecule has 1 aromatic rings. The molecule has 2 N–H and O–H groups in total. The highest BCUT2D eigenvalue weighted by molar-refractivity contribution is 5.33. The molecule has 29 heavy (non-hydrogen) atoms. The van der Waals surface area contributed by atoms with Crippen LogP contribution in [0, 0.1) is 5.41 Å². The Morgan fingerprint density at radius 2 is 1.97 bits per heavy atom. The van der Waals surface area contributed by atoms with Gasteiger partial charge in [0.05, 0.1) is 24.3 Å².